The number of benzene rings is 2. The lowest BCUT2D eigenvalue weighted by Crippen LogP contribution is -1.93. The Labute approximate surface area is 101 Å². The molecule has 0 saturated heterocycles. The molecule has 0 aromatic heterocycles. The number of nitrogens with one attached hydrogen (secondary N) is 1. The first-order chi connectivity index (χ1) is 7.81. The highest BCUT2D eigenvalue weighted by atomic mass is 32.2. The van der Waals surface area contributed by atoms with Gasteiger partial charge in [0.05, 0.1) is 0 Å². The van der Waals surface area contributed by atoms with Crippen LogP contribution in [-0.4, -0.2) is 6.26 Å². The number of para-hydroxylation sites is 1. The fraction of sp³-hybridized carbons (Fsp3) is 0.143. The molecule has 0 spiro atoms. The van der Waals surface area contributed by atoms with E-state index in [0.717, 1.165) is 5.69 Å². The molecular formula is C14H15NS. The van der Waals surface area contributed by atoms with Crippen LogP contribution in [0.1, 0.15) is 5.56 Å². The molecule has 1 nitrogen and oxygen atoms in total. The molecule has 0 heterocycles. The van der Waals surface area contributed by atoms with Crippen molar-refractivity contribution in [3.63, 3.8) is 0 Å². The van der Waals surface area contributed by atoms with Gasteiger partial charge in [-0.3, -0.25) is 0 Å². The minimum atomic E-state index is 1.13. The first-order valence-electron chi connectivity index (χ1n) is 5.27. The normalized spacial score (nSPS) is 10.1. The quantitative estimate of drug-likeness (QED) is 0.780. The van der Waals surface area contributed by atoms with Crippen LogP contribution in [0.4, 0.5) is 11.4 Å². The maximum absolute atomic E-state index is 3.43. The van der Waals surface area contributed by atoms with Crippen LogP contribution in [0.15, 0.2) is 53.4 Å². The average molecular weight is 229 g/mol. The first kappa shape index (κ1) is 11.1. The molecule has 0 aliphatic carbocycles. The highest BCUT2D eigenvalue weighted by Gasteiger charge is 2.02. The van der Waals surface area contributed by atoms with Crippen molar-refractivity contribution in [1.82, 2.24) is 0 Å². The predicted octanol–water partition coefficient (Wildman–Crippen LogP) is 4.46. The van der Waals surface area contributed by atoms with E-state index >= 15 is 0 Å². The van der Waals surface area contributed by atoms with Crippen molar-refractivity contribution < 1.29 is 0 Å². The standard InChI is InChI=1S/C14H15NS/c1-11-13(9-6-10-14(11)16-2)15-12-7-4-3-5-8-12/h3-10,15H,1-2H3. The van der Waals surface area contributed by atoms with Crippen molar-refractivity contribution in [2.45, 2.75) is 11.8 Å². The van der Waals surface area contributed by atoms with E-state index < -0.39 is 0 Å². The minimum absolute atomic E-state index is 1.13. The molecule has 2 aromatic rings. The lowest BCUT2D eigenvalue weighted by molar-refractivity contribution is 1.30. The molecule has 0 amide bonds. The van der Waals surface area contributed by atoms with Gasteiger partial charge in [0.1, 0.15) is 0 Å². The Kier molecular flexibility index (Phi) is 3.52. The number of rotatable bonds is 3. The molecule has 0 aliphatic heterocycles. The van der Waals surface area contributed by atoms with Crippen molar-refractivity contribution in [3.8, 4) is 0 Å². The molecule has 0 fully saturated rings. The van der Waals surface area contributed by atoms with Crippen LogP contribution < -0.4 is 5.32 Å². The van der Waals surface area contributed by atoms with Crippen LogP contribution in [0.25, 0.3) is 0 Å². The van der Waals surface area contributed by atoms with E-state index in [2.05, 4.69) is 48.8 Å². The van der Waals surface area contributed by atoms with Gasteiger partial charge in [-0.05, 0) is 43.0 Å². The van der Waals surface area contributed by atoms with E-state index in [-0.39, 0.29) is 0 Å². The van der Waals surface area contributed by atoms with Gasteiger partial charge in [0, 0.05) is 16.3 Å². The summed E-state index contributed by atoms with van der Waals surface area (Å²) < 4.78 is 0. The van der Waals surface area contributed by atoms with Crippen LogP contribution in [0.5, 0.6) is 0 Å². The van der Waals surface area contributed by atoms with E-state index in [1.165, 1.54) is 16.1 Å². The summed E-state index contributed by atoms with van der Waals surface area (Å²) >= 11 is 1.78. The van der Waals surface area contributed by atoms with Gasteiger partial charge in [-0.15, -0.1) is 11.8 Å². The average Bonchev–Trinajstić information content (AvgIpc) is 2.33. The minimum Gasteiger partial charge on any atom is -0.355 e. The molecule has 0 atom stereocenters. The Morgan fingerprint density at radius 1 is 0.938 bits per heavy atom. The summed E-state index contributed by atoms with van der Waals surface area (Å²) in [6.07, 6.45) is 2.11. The van der Waals surface area contributed by atoms with Crippen LogP contribution in [0, 0.1) is 6.92 Å². The van der Waals surface area contributed by atoms with Gasteiger partial charge in [-0.25, -0.2) is 0 Å². The van der Waals surface area contributed by atoms with Gasteiger partial charge in [0.25, 0.3) is 0 Å². The second-order valence-corrected chi connectivity index (χ2v) is 4.47. The molecule has 0 radical (unpaired) electrons. The van der Waals surface area contributed by atoms with Crippen LogP contribution in [-0.2, 0) is 0 Å². The highest BCUT2D eigenvalue weighted by molar-refractivity contribution is 7.98. The van der Waals surface area contributed by atoms with Crippen LogP contribution in [0.2, 0.25) is 0 Å². The second-order valence-electron chi connectivity index (χ2n) is 3.62. The van der Waals surface area contributed by atoms with Gasteiger partial charge >= 0.3 is 0 Å². The number of anilines is 2. The van der Waals surface area contributed by atoms with Gasteiger partial charge in [-0.1, -0.05) is 24.3 Å². The van der Waals surface area contributed by atoms with E-state index in [1.807, 2.05) is 18.2 Å². The fourth-order valence-corrected chi connectivity index (χ4v) is 2.28. The molecular weight excluding hydrogens is 214 g/mol. The molecule has 0 saturated carbocycles. The molecule has 2 heteroatoms. The third-order valence-corrected chi connectivity index (χ3v) is 3.44. The van der Waals surface area contributed by atoms with Crippen molar-refractivity contribution >= 4 is 23.1 Å². The Balaban J connectivity index is 2.28. The SMILES string of the molecule is CSc1cccc(Nc2ccccc2)c1C. The fourth-order valence-electron chi connectivity index (χ4n) is 1.65. The summed E-state index contributed by atoms with van der Waals surface area (Å²) in [5.41, 5.74) is 3.61. The molecule has 1 N–H and O–H groups in total. The van der Waals surface area contributed by atoms with Crippen LogP contribution in [0.3, 0.4) is 0 Å². The van der Waals surface area contributed by atoms with Crippen molar-refractivity contribution in [1.29, 1.82) is 0 Å². The molecule has 0 aliphatic rings. The molecule has 2 aromatic carbocycles. The van der Waals surface area contributed by atoms with Crippen molar-refractivity contribution in [2.75, 3.05) is 11.6 Å². The Bertz CT molecular complexity index is 465. The van der Waals surface area contributed by atoms with Gasteiger partial charge in [0.15, 0.2) is 0 Å². The molecule has 16 heavy (non-hydrogen) atoms. The third-order valence-electron chi connectivity index (χ3n) is 2.56. The van der Waals surface area contributed by atoms with E-state index in [0.29, 0.717) is 0 Å². The number of thioether (sulfide) groups is 1. The third kappa shape index (κ3) is 2.39. The van der Waals surface area contributed by atoms with Gasteiger partial charge in [-0.2, -0.15) is 0 Å². The molecule has 2 rings (SSSR count). The van der Waals surface area contributed by atoms with E-state index in [4.69, 9.17) is 0 Å². The zero-order chi connectivity index (χ0) is 11.4. The molecule has 82 valence electrons. The van der Waals surface area contributed by atoms with Gasteiger partial charge in [0.2, 0.25) is 0 Å². The second kappa shape index (κ2) is 5.08. The molecule has 0 unspecified atom stereocenters. The monoisotopic (exact) mass is 229 g/mol. The maximum atomic E-state index is 3.43. The summed E-state index contributed by atoms with van der Waals surface area (Å²) in [7, 11) is 0. The zero-order valence-corrected chi connectivity index (χ0v) is 10.3. The van der Waals surface area contributed by atoms with E-state index in [1.54, 1.807) is 11.8 Å². The maximum Gasteiger partial charge on any atom is 0.0425 e. The largest absolute Gasteiger partial charge is 0.355 e. The first-order valence-corrected chi connectivity index (χ1v) is 6.49. The number of hydrogen-bond donors (Lipinski definition) is 1. The van der Waals surface area contributed by atoms with Gasteiger partial charge < -0.3 is 5.32 Å². The number of hydrogen-bond acceptors (Lipinski definition) is 2. The Morgan fingerprint density at radius 3 is 2.38 bits per heavy atom. The lowest BCUT2D eigenvalue weighted by Gasteiger charge is -2.11. The summed E-state index contributed by atoms with van der Waals surface area (Å²) in [5.74, 6) is 0. The van der Waals surface area contributed by atoms with E-state index in [9.17, 15) is 0 Å². The van der Waals surface area contributed by atoms with Crippen molar-refractivity contribution in [2.24, 2.45) is 0 Å². The topological polar surface area (TPSA) is 12.0 Å². The Morgan fingerprint density at radius 2 is 1.69 bits per heavy atom. The summed E-state index contributed by atoms with van der Waals surface area (Å²) in [6.45, 7) is 2.15. The Hall–Kier alpha value is -1.41. The highest BCUT2D eigenvalue weighted by Crippen LogP contribution is 2.28. The summed E-state index contributed by atoms with van der Waals surface area (Å²) in [6, 6.07) is 16.6. The van der Waals surface area contributed by atoms with Crippen molar-refractivity contribution in [3.05, 3.63) is 54.1 Å². The summed E-state index contributed by atoms with van der Waals surface area (Å²) in [5, 5.41) is 3.43. The van der Waals surface area contributed by atoms with Crippen LogP contribution >= 0.6 is 11.8 Å². The zero-order valence-electron chi connectivity index (χ0n) is 9.53. The summed E-state index contributed by atoms with van der Waals surface area (Å²) in [4.78, 5) is 1.32. The molecule has 0 bridgehead atoms. The lowest BCUT2D eigenvalue weighted by atomic mass is 10.2. The predicted molar refractivity (Wildman–Crippen MR) is 72.7 cm³/mol. The smallest absolute Gasteiger partial charge is 0.0425 e.